The summed E-state index contributed by atoms with van der Waals surface area (Å²) in [5, 5.41) is 0. The Morgan fingerprint density at radius 2 is 1.90 bits per heavy atom. The zero-order chi connectivity index (χ0) is 27.6. The van der Waals surface area contributed by atoms with E-state index in [0.717, 1.165) is 11.1 Å². The highest BCUT2D eigenvalue weighted by molar-refractivity contribution is 7.07. The van der Waals surface area contributed by atoms with Crippen LogP contribution in [0.1, 0.15) is 36.6 Å². The molecule has 9 heteroatoms. The van der Waals surface area contributed by atoms with Gasteiger partial charge < -0.3 is 18.9 Å². The van der Waals surface area contributed by atoms with Crippen LogP contribution in [0.25, 0.3) is 6.08 Å². The van der Waals surface area contributed by atoms with E-state index in [9.17, 15) is 9.59 Å². The Morgan fingerprint density at radius 3 is 2.73 bits per heavy atom. The van der Waals surface area contributed by atoms with E-state index >= 15 is 0 Å². The third-order valence-electron chi connectivity index (χ3n) is 6.63. The van der Waals surface area contributed by atoms with Crippen molar-refractivity contribution in [2.75, 3.05) is 13.4 Å². The van der Waals surface area contributed by atoms with Crippen LogP contribution in [-0.2, 0) is 16.1 Å². The fourth-order valence-electron chi connectivity index (χ4n) is 4.78. The molecule has 0 saturated carbocycles. The zero-order valence-corrected chi connectivity index (χ0v) is 22.8. The van der Waals surface area contributed by atoms with E-state index in [-0.39, 0.29) is 19.0 Å². The predicted molar refractivity (Wildman–Crippen MR) is 150 cm³/mol. The average Bonchev–Trinajstić information content (AvgIpc) is 3.55. The summed E-state index contributed by atoms with van der Waals surface area (Å²) in [7, 11) is 0. The van der Waals surface area contributed by atoms with Crippen LogP contribution in [0.3, 0.4) is 0 Å². The fourth-order valence-corrected chi connectivity index (χ4v) is 5.82. The Labute approximate surface area is 234 Å². The molecule has 0 bridgehead atoms. The summed E-state index contributed by atoms with van der Waals surface area (Å²) in [5.41, 5.74) is 3.15. The van der Waals surface area contributed by atoms with Crippen LogP contribution >= 0.6 is 11.3 Å². The van der Waals surface area contributed by atoms with Crippen LogP contribution in [0, 0.1) is 0 Å². The highest BCUT2D eigenvalue weighted by Gasteiger charge is 2.34. The van der Waals surface area contributed by atoms with Crippen LogP contribution < -0.4 is 29.1 Å². The topological polar surface area (TPSA) is 88.4 Å². The molecule has 3 heterocycles. The van der Waals surface area contributed by atoms with Crippen molar-refractivity contribution in [3.63, 3.8) is 0 Å². The summed E-state index contributed by atoms with van der Waals surface area (Å²) in [4.78, 5) is 32.1. The van der Waals surface area contributed by atoms with Gasteiger partial charge in [0.25, 0.3) is 5.56 Å². The minimum Gasteiger partial charge on any atom is -0.489 e. The third-order valence-corrected chi connectivity index (χ3v) is 7.62. The summed E-state index contributed by atoms with van der Waals surface area (Å²) in [6, 6.07) is 22.2. The van der Waals surface area contributed by atoms with Gasteiger partial charge in [0.05, 0.1) is 28.5 Å². The first-order valence-electron chi connectivity index (χ1n) is 12.9. The molecule has 1 atom stereocenters. The van der Waals surface area contributed by atoms with E-state index in [2.05, 4.69) is 4.99 Å². The van der Waals surface area contributed by atoms with E-state index in [1.165, 1.54) is 11.3 Å². The minimum atomic E-state index is -0.729. The number of esters is 1. The predicted octanol–water partition coefficient (Wildman–Crippen LogP) is 4.11. The molecule has 0 unspecified atom stereocenters. The first-order chi connectivity index (χ1) is 19.5. The van der Waals surface area contributed by atoms with Crippen molar-refractivity contribution in [3.05, 3.63) is 120 Å². The molecule has 1 aromatic heterocycles. The highest BCUT2D eigenvalue weighted by atomic mass is 32.1. The molecule has 0 aliphatic carbocycles. The van der Waals surface area contributed by atoms with Crippen molar-refractivity contribution in [2.45, 2.75) is 26.5 Å². The monoisotopic (exact) mass is 554 g/mol. The van der Waals surface area contributed by atoms with E-state index in [0.29, 0.717) is 50.0 Å². The maximum Gasteiger partial charge on any atom is 0.338 e. The molecule has 0 fully saturated rings. The summed E-state index contributed by atoms with van der Waals surface area (Å²) in [6.45, 7) is 4.27. The van der Waals surface area contributed by atoms with Crippen molar-refractivity contribution >= 4 is 23.4 Å². The number of benzene rings is 3. The maximum atomic E-state index is 13.9. The van der Waals surface area contributed by atoms with Crippen LogP contribution in [-0.4, -0.2) is 23.9 Å². The van der Waals surface area contributed by atoms with Gasteiger partial charge in [0.15, 0.2) is 16.3 Å². The normalized spacial score (nSPS) is 15.9. The number of nitrogens with zero attached hydrogens (tertiary/aromatic N) is 2. The molecular formula is C31H26N2O6S. The standard InChI is InChI=1S/C31H26N2O6S/c1-3-36-30(35)27-19(2)32-31-33(28(27)22-12-13-24-25(16-22)39-18-38-24)29(34)26(40-31)15-21-10-7-11-23(14-21)37-17-20-8-5-4-6-9-20/h4-16,28H,3,17-18H2,1-2H3/t28-/m0/s1. The van der Waals surface area contributed by atoms with E-state index in [1.807, 2.05) is 66.7 Å². The first kappa shape index (κ1) is 25.6. The molecule has 40 heavy (non-hydrogen) atoms. The summed E-state index contributed by atoms with van der Waals surface area (Å²) >= 11 is 1.27. The Kier molecular flexibility index (Phi) is 6.96. The summed E-state index contributed by atoms with van der Waals surface area (Å²) in [6.07, 6.45) is 1.82. The maximum absolute atomic E-state index is 13.9. The Hall–Kier alpha value is -4.63. The van der Waals surface area contributed by atoms with E-state index < -0.39 is 12.0 Å². The minimum absolute atomic E-state index is 0.120. The summed E-state index contributed by atoms with van der Waals surface area (Å²) in [5.74, 6) is 1.36. The molecule has 0 amide bonds. The SMILES string of the molecule is CCOC(=O)C1=C(C)N=c2sc(=Cc3cccc(OCc4ccccc4)c3)c(=O)n2[C@H]1c1ccc2c(c1)OCO2. The average molecular weight is 555 g/mol. The zero-order valence-electron chi connectivity index (χ0n) is 22.0. The number of rotatable bonds is 7. The van der Waals surface area contributed by atoms with Crippen molar-refractivity contribution in [1.82, 2.24) is 4.57 Å². The molecule has 0 N–H and O–H groups in total. The second kappa shape index (κ2) is 10.9. The van der Waals surface area contributed by atoms with Gasteiger partial charge in [-0.15, -0.1) is 0 Å². The molecule has 4 aromatic rings. The molecule has 6 rings (SSSR count). The number of carbonyl (C=O) groups excluding carboxylic acids is 1. The van der Waals surface area contributed by atoms with Gasteiger partial charge >= 0.3 is 5.97 Å². The molecule has 2 aliphatic heterocycles. The van der Waals surface area contributed by atoms with Gasteiger partial charge in [-0.1, -0.05) is 59.9 Å². The van der Waals surface area contributed by atoms with Gasteiger partial charge in [-0.25, -0.2) is 9.79 Å². The van der Waals surface area contributed by atoms with Gasteiger partial charge in [0.1, 0.15) is 12.4 Å². The van der Waals surface area contributed by atoms with Crippen molar-refractivity contribution in [1.29, 1.82) is 0 Å². The lowest BCUT2D eigenvalue weighted by molar-refractivity contribution is -0.139. The van der Waals surface area contributed by atoms with Gasteiger partial charge in [-0.2, -0.15) is 0 Å². The first-order valence-corrected chi connectivity index (χ1v) is 13.7. The van der Waals surface area contributed by atoms with Crippen molar-refractivity contribution in [3.8, 4) is 17.2 Å². The van der Waals surface area contributed by atoms with Crippen molar-refractivity contribution in [2.24, 2.45) is 4.99 Å². The molecule has 3 aromatic carbocycles. The molecule has 0 radical (unpaired) electrons. The molecule has 2 aliphatic rings. The molecular weight excluding hydrogens is 528 g/mol. The number of allylic oxidation sites excluding steroid dienone is 1. The smallest absolute Gasteiger partial charge is 0.338 e. The van der Waals surface area contributed by atoms with E-state index in [1.54, 1.807) is 30.5 Å². The Morgan fingerprint density at radius 1 is 1.07 bits per heavy atom. The van der Waals surface area contributed by atoms with Crippen LogP contribution in [0.4, 0.5) is 0 Å². The van der Waals surface area contributed by atoms with Gasteiger partial charge in [0.2, 0.25) is 6.79 Å². The van der Waals surface area contributed by atoms with Gasteiger partial charge in [-0.3, -0.25) is 9.36 Å². The second-order valence-corrected chi connectivity index (χ2v) is 10.3. The second-order valence-electron chi connectivity index (χ2n) is 9.26. The number of hydrogen-bond acceptors (Lipinski definition) is 8. The lowest BCUT2D eigenvalue weighted by Crippen LogP contribution is -2.39. The highest BCUT2D eigenvalue weighted by Crippen LogP contribution is 2.38. The van der Waals surface area contributed by atoms with Gasteiger partial charge in [-0.05, 0) is 60.9 Å². The summed E-state index contributed by atoms with van der Waals surface area (Å²) < 4.78 is 24.4. The van der Waals surface area contributed by atoms with Crippen molar-refractivity contribution < 1.29 is 23.7 Å². The number of carbonyl (C=O) groups is 1. The lowest BCUT2D eigenvalue weighted by atomic mass is 9.95. The number of ether oxygens (including phenoxy) is 4. The molecule has 0 saturated heterocycles. The largest absolute Gasteiger partial charge is 0.489 e. The Balaban J connectivity index is 1.41. The number of fused-ring (bicyclic) bond motifs is 2. The van der Waals surface area contributed by atoms with Gasteiger partial charge in [0, 0.05) is 0 Å². The lowest BCUT2D eigenvalue weighted by Gasteiger charge is -2.24. The third kappa shape index (κ3) is 4.91. The fraction of sp³-hybridized carbons (Fsp3) is 0.194. The van der Waals surface area contributed by atoms with Crippen LogP contribution in [0.5, 0.6) is 17.2 Å². The Bertz CT molecular complexity index is 1810. The van der Waals surface area contributed by atoms with Crippen LogP contribution in [0.15, 0.2) is 93.9 Å². The molecule has 8 nitrogen and oxygen atoms in total. The molecule has 202 valence electrons. The quantitative estimate of drug-likeness (QED) is 0.320. The molecule has 0 spiro atoms. The number of hydrogen-bond donors (Lipinski definition) is 0. The van der Waals surface area contributed by atoms with Crippen LogP contribution in [0.2, 0.25) is 0 Å². The van der Waals surface area contributed by atoms with E-state index in [4.69, 9.17) is 18.9 Å². The number of thiazole rings is 1. The number of aromatic nitrogens is 1.